The summed E-state index contributed by atoms with van der Waals surface area (Å²) in [5.41, 5.74) is 6.41. The van der Waals surface area contributed by atoms with Crippen LogP contribution < -0.4 is 4.57 Å². The molecule has 2 aromatic carbocycles. The molecule has 26 heavy (non-hydrogen) atoms. The highest BCUT2D eigenvalue weighted by atomic mass is 16.3. The summed E-state index contributed by atoms with van der Waals surface area (Å²) in [7, 11) is 2.08. The fraction of sp³-hybridized carbons (Fsp3) is 0.292. The van der Waals surface area contributed by atoms with Crippen molar-refractivity contribution in [3.63, 3.8) is 0 Å². The van der Waals surface area contributed by atoms with Gasteiger partial charge in [-0.2, -0.15) is 0 Å². The number of para-hydroxylation sites is 1. The van der Waals surface area contributed by atoms with Gasteiger partial charge >= 0.3 is 0 Å². The second-order valence-corrected chi connectivity index (χ2v) is 7.42. The van der Waals surface area contributed by atoms with Crippen LogP contribution in [-0.2, 0) is 7.05 Å². The zero-order valence-electron chi connectivity index (χ0n) is 16.4. The van der Waals surface area contributed by atoms with Gasteiger partial charge in [-0.3, -0.25) is 0 Å². The Hall–Kier alpha value is -2.61. The predicted molar refractivity (Wildman–Crippen MR) is 106 cm³/mol. The maximum Gasteiger partial charge on any atom is 0.219 e. The lowest BCUT2D eigenvalue weighted by molar-refractivity contribution is -0.660. The number of fused-ring (bicyclic) bond motifs is 3. The minimum Gasteiger partial charge on any atom is -0.455 e. The highest BCUT2D eigenvalue weighted by Crippen LogP contribution is 2.42. The second-order valence-electron chi connectivity index (χ2n) is 7.42. The average molecular weight is 343 g/mol. The Kier molecular flexibility index (Phi) is 3.35. The van der Waals surface area contributed by atoms with Gasteiger partial charge in [0.15, 0.2) is 6.20 Å². The number of benzene rings is 2. The topological polar surface area (TPSA) is 17.0 Å². The van der Waals surface area contributed by atoms with E-state index in [1.54, 1.807) is 0 Å². The molecule has 2 nitrogen and oxygen atoms in total. The fourth-order valence-corrected chi connectivity index (χ4v) is 4.46. The quantitative estimate of drug-likeness (QED) is 0.405. The van der Waals surface area contributed by atoms with E-state index >= 15 is 0 Å². The lowest BCUT2D eigenvalue weighted by atomic mass is 9.90. The summed E-state index contributed by atoms with van der Waals surface area (Å²) < 4.78 is 17.7. The number of hydrogen-bond acceptors (Lipinski definition) is 1. The van der Waals surface area contributed by atoms with Gasteiger partial charge in [-0.25, -0.2) is 4.57 Å². The molecule has 0 bridgehead atoms. The van der Waals surface area contributed by atoms with Crippen molar-refractivity contribution in [2.45, 2.75) is 38.5 Å². The van der Waals surface area contributed by atoms with E-state index in [2.05, 4.69) is 61.1 Å². The molecule has 0 aliphatic heterocycles. The number of furan rings is 1. The summed E-state index contributed by atoms with van der Waals surface area (Å²) in [6.07, 6.45) is 6.21. The monoisotopic (exact) mass is 343 g/mol. The summed E-state index contributed by atoms with van der Waals surface area (Å²) >= 11 is 0. The van der Waals surface area contributed by atoms with Crippen molar-refractivity contribution >= 4 is 21.9 Å². The number of aromatic nitrogens is 1. The third-order valence-corrected chi connectivity index (χ3v) is 5.76. The van der Waals surface area contributed by atoms with E-state index in [-0.39, 0.29) is 0 Å². The van der Waals surface area contributed by atoms with Crippen LogP contribution in [0.2, 0.25) is 0 Å². The van der Waals surface area contributed by atoms with Gasteiger partial charge in [0.05, 0.1) is 5.56 Å². The number of aryl methyl sites for hydroxylation is 2. The maximum absolute atomic E-state index is 9.15. The molecule has 0 N–H and O–H groups in total. The Morgan fingerprint density at radius 1 is 1.00 bits per heavy atom. The lowest BCUT2D eigenvalue weighted by Crippen LogP contribution is -2.32. The molecule has 0 radical (unpaired) electrons. The number of nitrogens with zero attached hydrogens (tertiary/aromatic N) is 1. The average Bonchev–Trinajstić information content (AvgIpc) is 3.26. The van der Waals surface area contributed by atoms with E-state index in [4.69, 9.17) is 5.79 Å². The van der Waals surface area contributed by atoms with Gasteiger partial charge in [-0.05, 0) is 43.4 Å². The molecule has 1 fully saturated rings. The van der Waals surface area contributed by atoms with Crippen LogP contribution in [0.25, 0.3) is 33.2 Å². The molecule has 1 saturated carbocycles. The summed E-state index contributed by atoms with van der Waals surface area (Å²) in [4.78, 5) is 0. The van der Waals surface area contributed by atoms with Gasteiger partial charge < -0.3 is 4.42 Å². The molecule has 2 heteroatoms. The minimum atomic E-state index is -0.505. The van der Waals surface area contributed by atoms with Gasteiger partial charge in [0.25, 0.3) is 0 Å². The minimum absolute atomic E-state index is 0.505. The second kappa shape index (κ2) is 5.98. The van der Waals surface area contributed by atoms with Crippen LogP contribution in [0.4, 0.5) is 0 Å². The summed E-state index contributed by atoms with van der Waals surface area (Å²) in [6.45, 7) is 2.14. The highest BCUT2D eigenvalue weighted by molar-refractivity contribution is 6.09. The third kappa shape index (κ3) is 2.28. The normalized spacial score (nSPS) is 17.1. The molecule has 0 saturated heterocycles. The summed E-state index contributed by atoms with van der Waals surface area (Å²) in [6, 6.07) is 16.8. The van der Waals surface area contributed by atoms with Gasteiger partial charge in [0, 0.05) is 23.8 Å². The van der Waals surface area contributed by atoms with E-state index in [0.29, 0.717) is 0 Å². The Morgan fingerprint density at radius 2 is 1.81 bits per heavy atom. The number of rotatable bonds is 2. The zero-order valence-corrected chi connectivity index (χ0v) is 15.4. The van der Waals surface area contributed by atoms with Gasteiger partial charge in [0.2, 0.25) is 5.69 Å². The molecule has 0 unspecified atom stereocenters. The van der Waals surface area contributed by atoms with Crippen LogP contribution in [0, 0.1) is 6.92 Å². The van der Waals surface area contributed by atoms with Gasteiger partial charge in [-0.15, -0.1) is 0 Å². The first-order valence-corrected chi connectivity index (χ1v) is 9.49. The van der Waals surface area contributed by atoms with Crippen LogP contribution in [0.3, 0.4) is 0 Å². The third-order valence-electron chi connectivity index (χ3n) is 5.76. The standard InChI is InChI=1S/C24H24NO/c1-16-13-14-20-19-10-5-6-12-21(19)26-24(20)22(16)23-18(11-7-15-25(23)2)17-8-3-4-9-17/h5-7,10-15,17H,3-4,8-9H2,1-2H3/q+1/i17D. The van der Waals surface area contributed by atoms with Crippen LogP contribution >= 0.6 is 0 Å². The Balaban J connectivity index is 1.88. The van der Waals surface area contributed by atoms with Crippen LogP contribution in [0.5, 0.6) is 0 Å². The van der Waals surface area contributed by atoms with Crippen LogP contribution in [0.1, 0.15) is 44.1 Å². The molecule has 5 rings (SSSR count). The lowest BCUT2D eigenvalue weighted by Gasteiger charge is -2.14. The molecule has 2 heterocycles. The summed E-state index contributed by atoms with van der Waals surface area (Å²) in [5, 5.41) is 2.29. The van der Waals surface area contributed by atoms with Crippen molar-refractivity contribution in [2.75, 3.05) is 0 Å². The Labute approximate surface area is 155 Å². The van der Waals surface area contributed by atoms with E-state index in [1.807, 2.05) is 12.1 Å². The Bertz CT molecular complexity index is 1170. The fourth-order valence-electron chi connectivity index (χ4n) is 4.46. The van der Waals surface area contributed by atoms with Crippen molar-refractivity contribution in [1.82, 2.24) is 0 Å². The largest absolute Gasteiger partial charge is 0.455 e. The molecular weight excluding hydrogens is 318 g/mol. The molecule has 1 aliphatic carbocycles. The van der Waals surface area contributed by atoms with Crippen molar-refractivity contribution in [3.8, 4) is 11.3 Å². The molecule has 4 aromatic rings. The SMILES string of the molecule is [2H]C1(c2ccc[n+](C)c2-c2c(C)ccc3c2oc2ccccc23)CCCC1. The molecule has 2 aromatic heterocycles. The number of pyridine rings is 1. The van der Waals surface area contributed by atoms with Gasteiger partial charge in [0.1, 0.15) is 18.2 Å². The van der Waals surface area contributed by atoms with Crippen molar-refractivity contribution in [1.29, 1.82) is 0 Å². The van der Waals surface area contributed by atoms with E-state index < -0.39 is 5.89 Å². The van der Waals surface area contributed by atoms with Crippen LogP contribution in [0.15, 0.2) is 59.1 Å². The molecule has 1 aliphatic rings. The van der Waals surface area contributed by atoms with Crippen molar-refractivity contribution < 1.29 is 10.4 Å². The molecule has 130 valence electrons. The molecule has 0 spiro atoms. The number of hydrogen-bond donors (Lipinski definition) is 0. The first-order chi connectivity index (χ1) is 13.1. The highest BCUT2D eigenvalue weighted by Gasteiger charge is 2.29. The first-order valence-electron chi connectivity index (χ1n) is 9.99. The first kappa shape index (κ1) is 14.5. The van der Waals surface area contributed by atoms with E-state index in [1.165, 1.54) is 5.56 Å². The van der Waals surface area contributed by atoms with Crippen molar-refractivity contribution in [2.24, 2.45) is 7.05 Å². The smallest absolute Gasteiger partial charge is 0.219 e. The van der Waals surface area contributed by atoms with E-state index in [0.717, 1.165) is 64.4 Å². The van der Waals surface area contributed by atoms with Crippen molar-refractivity contribution in [3.05, 3.63) is 65.9 Å². The molecular formula is C24H24NO+. The molecule has 0 amide bonds. The van der Waals surface area contributed by atoms with Gasteiger partial charge in [-0.1, -0.05) is 43.2 Å². The van der Waals surface area contributed by atoms with Crippen LogP contribution in [-0.4, -0.2) is 0 Å². The zero-order chi connectivity index (χ0) is 18.6. The Morgan fingerprint density at radius 3 is 2.65 bits per heavy atom. The summed E-state index contributed by atoms with van der Waals surface area (Å²) in [5.74, 6) is -0.505. The molecule has 0 atom stereocenters. The predicted octanol–water partition coefficient (Wildman–Crippen LogP) is 6.04. The maximum atomic E-state index is 9.15. The van der Waals surface area contributed by atoms with E-state index in [9.17, 15) is 0 Å².